The number of hydrazine groups is 1. The molecule has 0 aliphatic carbocycles. The molecule has 7 nitrogen and oxygen atoms in total. The number of carbonyl (C=O) groups excluding carboxylic acids is 2. The van der Waals surface area contributed by atoms with E-state index in [1.54, 1.807) is 24.3 Å². The number of amides is 2. The maximum Gasteiger partial charge on any atom is 0.269 e. The van der Waals surface area contributed by atoms with Crippen LogP contribution in [-0.2, 0) is 6.54 Å². The van der Waals surface area contributed by atoms with E-state index in [0.717, 1.165) is 23.4 Å². The van der Waals surface area contributed by atoms with Gasteiger partial charge in [-0.15, -0.1) is 0 Å². The van der Waals surface area contributed by atoms with Crippen LogP contribution in [0.15, 0.2) is 42.7 Å². The van der Waals surface area contributed by atoms with Crippen LogP contribution >= 0.6 is 0 Å². The van der Waals surface area contributed by atoms with Gasteiger partial charge in [0.1, 0.15) is 5.82 Å². The molecule has 0 spiro atoms. The summed E-state index contributed by atoms with van der Waals surface area (Å²) in [5, 5.41) is 0. The Kier molecular flexibility index (Phi) is 4.24. The number of rotatable bonds is 3. The third-order valence-corrected chi connectivity index (χ3v) is 3.75. The molecule has 7 heteroatoms. The molecule has 0 fully saturated rings. The van der Waals surface area contributed by atoms with Gasteiger partial charge < -0.3 is 4.57 Å². The average molecular weight is 323 g/mol. The molecule has 3 rings (SSSR count). The van der Waals surface area contributed by atoms with E-state index in [2.05, 4.69) is 25.4 Å². The second-order valence-electron chi connectivity index (χ2n) is 5.25. The quantitative estimate of drug-likeness (QED) is 0.720. The fraction of sp³-hybridized carbons (Fsp3) is 0.176. The van der Waals surface area contributed by atoms with Crippen LogP contribution < -0.4 is 10.9 Å². The minimum absolute atomic E-state index is 0.400. The lowest BCUT2D eigenvalue weighted by atomic mass is 10.2. The van der Waals surface area contributed by atoms with Crippen molar-refractivity contribution in [2.75, 3.05) is 0 Å². The molecule has 0 saturated heterocycles. The summed E-state index contributed by atoms with van der Waals surface area (Å²) < 4.78 is 2.07. The van der Waals surface area contributed by atoms with E-state index in [9.17, 15) is 9.59 Å². The van der Waals surface area contributed by atoms with Crippen molar-refractivity contribution in [1.29, 1.82) is 0 Å². The van der Waals surface area contributed by atoms with Crippen molar-refractivity contribution in [2.45, 2.75) is 20.4 Å². The van der Waals surface area contributed by atoms with Crippen molar-refractivity contribution in [3.8, 4) is 0 Å². The summed E-state index contributed by atoms with van der Waals surface area (Å²) in [5.41, 5.74) is 7.36. The van der Waals surface area contributed by atoms with Gasteiger partial charge in [0.05, 0.1) is 11.0 Å². The first kappa shape index (κ1) is 15.7. The number of hydrogen-bond donors (Lipinski definition) is 2. The fourth-order valence-corrected chi connectivity index (χ4v) is 2.55. The standard InChI is InChI=1S/C17H17N5O2/c1-3-22-11(2)19-14-10-13(4-5-15(14)22)17(24)21-20-16(23)12-6-8-18-9-7-12/h4-10H,3H2,1-2H3,(H,20,23)(H,21,24). The number of benzene rings is 1. The number of pyridine rings is 1. The molecule has 0 aliphatic rings. The zero-order valence-electron chi connectivity index (χ0n) is 13.4. The summed E-state index contributed by atoms with van der Waals surface area (Å²) in [6.45, 7) is 4.79. The monoisotopic (exact) mass is 323 g/mol. The first-order chi connectivity index (χ1) is 11.6. The Bertz CT molecular complexity index is 902. The smallest absolute Gasteiger partial charge is 0.269 e. The highest BCUT2D eigenvalue weighted by atomic mass is 16.2. The minimum Gasteiger partial charge on any atom is -0.329 e. The van der Waals surface area contributed by atoms with Crippen LogP contribution in [0.1, 0.15) is 33.5 Å². The number of aryl methyl sites for hydroxylation is 2. The molecule has 0 atom stereocenters. The highest BCUT2D eigenvalue weighted by Crippen LogP contribution is 2.17. The van der Waals surface area contributed by atoms with E-state index < -0.39 is 11.8 Å². The van der Waals surface area contributed by atoms with Gasteiger partial charge in [0, 0.05) is 30.1 Å². The first-order valence-electron chi connectivity index (χ1n) is 7.57. The Labute approximate surface area is 138 Å². The van der Waals surface area contributed by atoms with Gasteiger partial charge in [0.15, 0.2) is 0 Å². The number of aromatic nitrogens is 3. The summed E-state index contributed by atoms with van der Waals surface area (Å²) in [6.07, 6.45) is 3.02. The highest BCUT2D eigenvalue weighted by molar-refractivity contribution is 6.00. The van der Waals surface area contributed by atoms with Crippen molar-refractivity contribution < 1.29 is 9.59 Å². The van der Waals surface area contributed by atoms with Gasteiger partial charge in [-0.1, -0.05) is 0 Å². The molecule has 0 radical (unpaired) electrons. The molecule has 2 aromatic heterocycles. The number of nitrogens with one attached hydrogen (secondary N) is 2. The number of hydrogen-bond acceptors (Lipinski definition) is 4. The molecule has 3 aromatic rings. The Hall–Kier alpha value is -3.22. The second kappa shape index (κ2) is 6.49. The van der Waals surface area contributed by atoms with Crippen LogP contribution in [0.25, 0.3) is 11.0 Å². The van der Waals surface area contributed by atoms with E-state index in [-0.39, 0.29) is 0 Å². The van der Waals surface area contributed by atoms with Crippen LogP contribution in [0.5, 0.6) is 0 Å². The Morgan fingerprint density at radius 3 is 2.38 bits per heavy atom. The molecule has 0 bridgehead atoms. The number of fused-ring (bicyclic) bond motifs is 1. The Morgan fingerprint density at radius 1 is 1.04 bits per heavy atom. The normalized spacial score (nSPS) is 10.6. The van der Waals surface area contributed by atoms with Gasteiger partial charge in [-0.05, 0) is 44.2 Å². The van der Waals surface area contributed by atoms with Crippen LogP contribution in [0.2, 0.25) is 0 Å². The van der Waals surface area contributed by atoms with Crippen molar-refractivity contribution in [3.05, 3.63) is 59.7 Å². The third kappa shape index (κ3) is 2.96. The summed E-state index contributed by atoms with van der Waals surface area (Å²) in [4.78, 5) is 32.4. The molecular formula is C17H17N5O2. The van der Waals surface area contributed by atoms with E-state index in [1.165, 1.54) is 12.4 Å². The number of carbonyl (C=O) groups is 2. The lowest BCUT2D eigenvalue weighted by molar-refractivity contribution is 0.0846. The Morgan fingerprint density at radius 2 is 1.71 bits per heavy atom. The van der Waals surface area contributed by atoms with Gasteiger partial charge >= 0.3 is 0 Å². The van der Waals surface area contributed by atoms with Gasteiger partial charge in [-0.3, -0.25) is 25.4 Å². The fourth-order valence-electron chi connectivity index (χ4n) is 2.55. The predicted octanol–water partition coefficient (Wildman–Crippen LogP) is 1.83. The maximum absolute atomic E-state index is 12.2. The molecule has 24 heavy (non-hydrogen) atoms. The maximum atomic E-state index is 12.2. The zero-order chi connectivity index (χ0) is 17.1. The molecule has 122 valence electrons. The molecular weight excluding hydrogens is 306 g/mol. The third-order valence-electron chi connectivity index (χ3n) is 3.75. The van der Waals surface area contributed by atoms with Crippen molar-refractivity contribution in [1.82, 2.24) is 25.4 Å². The number of nitrogens with zero attached hydrogens (tertiary/aromatic N) is 3. The average Bonchev–Trinajstić information content (AvgIpc) is 2.94. The van der Waals surface area contributed by atoms with Crippen LogP contribution in [0, 0.1) is 6.92 Å². The summed E-state index contributed by atoms with van der Waals surface area (Å²) in [7, 11) is 0. The van der Waals surface area contributed by atoms with E-state index in [1.807, 2.05) is 19.9 Å². The minimum atomic E-state index is -0.405. The summed E-state index contributed by atoms with van der Waals surface area (Å²) in [6, 6.07) is 8.41. The van der Waals surface area contributed by atoms with Gasteiger partial charge in [0.2, 0.25) is 0 Å². The molecule has 2 N–H and O–H groups in total. The second-order valence-corrected chi connectivity index (χ2v) is 5.25. The van der Waals surface area contributed by atoms with Crippen molar-refractivity contribution >= 4 is 22.8 Å². The van der Waals surface area contributed by atoms with Crippen molar-refractivity contribution in [3.63, 3.8) is 0 Å². The van der Waals surface area contributed by atoms with Gasteiger partial charge in [-0.2, -0.15) is 0 Å². The van der Waals surface area contributed by atoms with E-state index >= 15 is 0 Å². The van der Waals surface area contributed by atoms with Crippen LogP contribution in [0.3, 0.4) is 0 Å². The zero-order valence-corrected chi connectivity index (χ0v) is 13.4. The molecule has 0 aliphatic heterocycles. The SMILES string of the molecule is CCn1c(C)nc2cc(C(=O)NNC(=O)c3ccncc3)ccc21. The van der Waals surface area contributed by atoms with Crippen molar-refractivity contribution in [2.24, 2.45) is 0 Å². The molecule has 1 aromatic carbocycles. The largest absolute Gasteiger partial charge is 0.329 e. The Balaban J connectivity index is 1.73. The topological polar surface area (TPSA) is 88.9 Å². The molecule has 2 heterocycles. The molecule has 2 amide bonds. The summed E-state index contributed by atoms with van der Waals surface area (Å²) in [5.74, 6) is 0.0944. The van der Waals surface area contributed by atoms with Crippen LogP contribution in [0.4, 0.5) is 0 Å². The number of imidazole rings is 1. The lowest BCUT2D eigenvalue weighted by Crippen LogP contribution is -2.41. The molecule has 0 saturated carbocycles. The highest BCUT2D eigenvalue weighted by Gasteiger charge is 2.12. The summed E-state index contributed by atoms with van der Waals surface area (Å²) >= 11 is 0. The van der Waals surface area contributed by atoms with Gasteiger partial charge in [-0.25, -0.2) is 4.98 Å². The first-order valence-corrected chi connectivity index (χ1v) is 7.57. The van der Waals surface area contributed by atoms with Crippen LogP contribution in [-0.4, -0.2) is 26.3 Å². The molecule has 0 unspecified atom stereocenters. The van der Waals surface area contributed by atoms with Gasteiger partial charge in [0.25, 0.3) is 11.8 Å². The van der Waals surface area contributed by atoms with E-state index in [0.29, 0.717) is 11.1 Å². The lowest BCUT2D eigenvalue weighted by Gasteiger charge is -2.07. The van der Waals surface area contributed by atoms with E-state index in [4.69, 9.17) is 0 Å². The predicted molar refractivity (Wildman–Crippen MR) is 89.3 cm³/mol.